The Morgan fingerprint density at radius 3 is 2.86 bits per heavy atom. The number of benzene rings is 2. The van der Waals surface area contributed by atoms with E-state index in [1.54, 1.807) is 25.1 Å². The van der Waals surface area contributed by atoms with E-state index in [-0.39, 0.29) is 11.6 Å². The molecule has 0 saturated carbocycles. The predicted octanol–water partition coefficient (Wildman–Crippen LogP) is 4.40. The largest absolute Gasteiger partial charge is 0.320 e. The number of carbonyl (C=O) groups excluding carboxylic acids is 1. The van der Waals surface area contributed by atoms with Crippen LogP contribution in [0.25, 0.3) is 16.3 Å². The zero-order valence-corrected chi connectivity index (χ0v) is 12.7. The molecule has 3 rings (SSSR count). The minimum atomic E-state index is -0.443. The van der Waals surface area contributed by atoms with Crippen LogP contribution < -0.4 is 5.32 Å². The maximum absolute atomic E-state index is 13.7. The molecule has 0 atom stereocenters. The van der Waals surface area contributed by atoms with Gasteiger partial charge in [-0.05, 0) is 42.8 Å². The summed E-state index contributed by atoms with van der Waals surface area (Å²) in [6, 6.07) is 12.4. The molecule has 5 heteroatoms. The molecule has 0 bridgehead atoms. The van der Waals surface area contributed by atoms with Crippen LogP contribution in [-0.4, -0.2) is 10.9 Å². The fraction of sp³-hybridized carbons (Fsp3) is 0.0588. The van der Waals surface area contributed by atoms with Crippen LogP contribution in [0.4, 0.5) is 10.1 Å². The van der Waals surface area contributed by atoms with Crippen LogP contribution in [0.5, 0.6) is 0 Å². The summed E-state index contributed by atoms with van der Waals surface area (Å²) in [5, 5.41) is 3.25. The van der Waals surface area contributed by atoms with Gasteiger partial charge in [-0.25, -0.2) is 9.37 Å². The Bertz CT molecular complexity index is 837. The summed E-state index contributed by atoms with van der Waals surface area (Å²) < 4.78 is 14.7. The van der Waals surface area contributed by atoms with Gasteiger partial charge in [-0.2, -0.15) is 0 Å². The number of nitrogens with zero attached hydrogens (tertiary/aromatic N) is 1. The number of nitrogens with one attached hydrogen (secondary N) is 1. The fourth-order valence-electron chi connectivity index (χ4n) is 2.00. The Morgan fingerprint density at radius 2 is 2.09 bits per heavy atom. The maximum Gasteiger partial charge on any atom is 0.248 e. The molecule has 3 aromatic rings. The number of halogens is 1. The predicted molar refractivity (Wildman–Crippen MR) is 88.4 cm³/mol. The molecule has 2 aromatic carbocycles. The lowest BCUT2D eigenvalue weighted by Crippen LogP contribution is -2.09. The lowest BCUT2D eigenvalue weighted by Gasteiger charge is -2.04. The monoisotopic (exact) mass is 312 g/mol. The number of carbonyl (C=O) groups is 1. The number of hydrogen-bond acceptors (Lipinski definition) is 3. The van der Waals surface area contributed by atoms with Crippen molar-refractivity contribution in [2.75, 3.05) is 5.32 Å². The molecule has 3 nitrogen and oxygen atoms in total. The first-order valence-electron chi connectivity index (χ1n) is 6.72. The van der Waals surface area contributed by atoms with E-state index in [0.717, 1.165) is 20.8 Å². The molecular weight excluding hydrogens is 299 g/mol. The van der Waals surface area contributed by atoms with Crippen molar-refractivity contribution in [3.8, 4) is 0 Å². The summed E-state index contributed by atoms with van der Waals surface area (Å²) in [5.74, 6) is -0.830. The van der Waals surface area contributed by atoms with Crippen LogP contribution in [0.2, 0.25) is 0 Å². The number of rotatable bonds is 3. The number of fused-ring (bicyclic) bond motifs is 1. The molecule has 1 amide bonds. The van der Waals surface area contributed by atoms with Gasteiger partial charge in [-0.3, -0.25) is 4.79 Å². The molecule has 0 saturated heterocycles. The van der Waals surface area contributed by atoms with Crippen LogP contribution >= 0.6 is 11.3 Å². The third kappa shape index (κ3) is 3.20. The number of aromatic nitrogens is 1. The van der Waals surface area contributed by atoms with Crippen molar-refractivity contribution in [2.24, 2.45) is 0 Å². The van der Waals surface area contributed by atoms with Crippen molar-refractivity contribution in [3.05, 3.63) is 64.9 Å². The smallest absolute Gasteiger partial charge is 0.248 e. The topological polar surface area (TPSA) is 42.0 Å². The van der Waals surface area contributed by atoms with Crippen molar-refractivity contribution < 1.29 is 9.18 Å². The van der Waals surface area contributed by atoms with Crippen LogP contribution in [0, 0.1) is 12.7 Å². The first kappa shape index (κ1) is 14.4. The Labute approximate surface area is 131 Å². The van der Waals surface area contributed by atoms with E-state index in [9.17, 15) is 9.18 Å². The van der Waals surface area contributed by atoms with Gasteiger partial charge in [-0.1, -0.05) is 18.2 Å². The SMILES string of the molecule is Cc1ccc(NC(=O)/C=C/c2nc3ccccc3s2)c(F)c1. The maximum atomic E-state index is 13.7. The van der Waals surface area contributed by atoms with Gasteiger partial charge in [0.2, 0.25) is 5.91 Å². The Morgan fingerprint density at radius 1 is 1.27 bits per heavy atom. The lowest BCUT2D eigenvalue weighted by molar-refractivity contribution is -0.111. The minimum absolute atomic E-state index is 0.171. The van der Waals surface area contributed by atoms with E-state index >= 15 is 0 Å². The second kappa shape index (κ2) is 6.07. The number of para-hydroxylation sites is 1. The molecule has 0 aliphatic heterocycles. The van der Waals surface area contributed by atoms with Crippen molar-refractivity contribution in [1.29, 1.82) is 0 Å². The van der Waals surface area contributed by atoms with Crippen LogP contribution in [0.15, 0.2) is 48.5 Å². The second-order valence-electron chi connectivity index (χ2n) is 4.83. The third-order valence-electron chi connectivity index (χ3n) is 3.07. The summed E-state index contributed by atoms with van der Waals surface area (Å²) in [4.78, 5) is 16.2. The van der Waals surface area contributed by atoms with E-state index in [2.05, 4.69) is 10.3 Å². The summed E-state index contributed by atoms with van der Waals surface area (Å²) >= 11 is 1.50. The highest BCUT2D eigenvalue weighted by atomic mass is 32.1. The van der Waals surface area contributed by atoms with Gasteiger partial charge in [-0.15, -0.1) is 11.3 Å². The van der Waals surface area contributed by atoms with Crippen molar-refractivity contribution in [1.82, 2.24) is 4.98 Å². The van der Waals surface area contributed by atoms with E-state index in [0.29, 0.717) is 0 Å². The first-order valence-corrected chi connectivity index (χ1v) is 7.54. The molecule has 22 heavy (non-hydrogen) atoms. The summed E-state index contributed by atoms with van der Waals surface area (Å²) in [6.45, 7) is 1.79. The summed E-state index contributed by atoms with van der Waals surface area (Å²) in [5.41, 5.74) is 1.88. The van der Waals surface area contributed by atoms with Gasteiger partial charge >= 0.3 is 0 Å². The van der Waals surface area contributed by atoms with Gasteiger partial charge in [0, 0.05) is 6.08 Å². The molecule has 0 aliphatic carbocycles. The van der Waals surface area contributed by atoms with E-state index in [1.807, 2.05) is 24.3 Å². The van der Waals surface area contributed by atoms with Crippen LogP contribution in [0.1, 0.15) is 10.6 Å². The lowest BCUT2D eigenvalue weighted by atomic mass is 10.2. The highest BCUT2D eigenvalue weighted by molar-refractivity contribution is 7.19. The van der Waals surface area contributed by atoms with E-state index in [4.69, 9.17) is 0 Å². The minimum Gasteiger partial charge on any atom is -0.320 e. The third-order valence-corrected chi connectivity index (χ3v) is 4.07. The van der Waals surface area contributed by atoms with Crippen molar-refractivity contribution in [3.63, 3.8) is 0 Å². The Kier molecular flexibility index (Phi) is 3.98. The molecule has 1 aromatic heterocycles. The average Bonchev–Trinajstić information content (AvgIpc) is 2.91. The zero-order valence-electron chi connectivity index (χ0n) is 11.8. The van der Waals surface area contributed by atoms with Gasteiger partial charge in [0.25, 0.3) is 0 Å². The molecule has 0 spiro atoms. The van der Waals surface area contributed by atoms with Gasteiger partial charge < -0.3 is 5.32 Å². The van der Waals surface area contributed by atoms with Crippen molar-refractivity contribution in [2.45, 2.75) is 6.92 Å². The molecule has 1 N–H and O–H groups in total. The first-order chi connectivity index (χ1) is 10.6. The second-order valence-corrected chi connectivity index (χ2v) is 5.89. The Hall–Kier alpha value is -2.53. The standard InChI is InChI=1S/C17H13FN2OS/c1-11-6-7-13(12(18)10-11)19-16(21)8-9-17-20-14-4-2-3-5-15(14)22-17/h2-10H,1H3,(H,19,21)/b9-8+. The molecule has 0 aliphatic rings. The summed E-state index contributed by atoms with van der Waals surface area (Å²) in [7, 11) is 0. The fourth-order valence-corrected chi connectivity index (χ4v) is 2.87. The molecule has 0 radical (unpaired) electrons. The normalized spacial score (nSPS) is 11.2. The van der Waals surface area contributed by atoms with Gasteiger partial charge in [0.1, 0.15) is 10.8 Å². The van der Waals surface area contributed by atoms with Gasteiger partial charge in [0.15, 0.2) is 0 Å². The number of anilines is 1. The molecule has 0 fully saturated rings. The van der Waals surface area contributed by atoms with Gasteiger partial charge in [0.05, 0.1) is 15.9 Å². The number of hydrogen-bond donors (Lipinski definition) is 1. The van der Waals surface area contributed by atoms with E-state index in [1.165, 1.54) is 23.5 Å². The zero-order chi connectivity index (χ0) is 15.5. The molecule has 110 valence electrons. The number of thiazole rings is 1. The highest BCUT2D eigenvalue weighted by Crippen LogP contribution is 2.22. The highest BCUT2D eigenvalue weighted by Gasteiger charge is 2.05. The van der Waals surface area contributed by atoms with Crippen molar-refractivity contribution >= 4 is 39.2 Å². The van der Waals surface area contributed by atoms with E-state index < -0.39 is 5.82 Å². The molecule has 1 heterocycles. The number of amides is 1. The van der Waals surface area contributed by atoms with Crippen LogP contribution in [-0.2, 0) is 4.79 Å². The number of aryl methyl sites for hydroxylation is 1. The Balaban J connectivity index is 1.73. The molecular formula is C17H13FN2OS. The molecule has 0 unspecified atom stereocenters. The van der Waals surface area contributed by atoms with Crippen LogP contribution in [0.3, 0.4) is 0 Å². The quantitative estimate of drug-likeness (QED) is 0.729. The summed E-state index contributed by atoms with van der Waals surface area (Å²) in [6.07, 6.45) is 2.99. The average molecular weight is 312 g/mol.